The molecular formula is C12H11Cl2N3O2S. The van der Waals surface area contributed by atoms with Gasteiger partial charge in [-0.3, -0.25) is 4.72 Å². The first-order valence-electron chi connectivity index (χ1n) is 5.49. The van der Waals surface area contributed by atoms with E-state index in [0.717, 1.165) is 0 Å². The summed E-state index contributed by atoms with van der Waals surface area (Å²) in [5, 5.41) is 0.353. The lowest BCUT2D eigenvalue weighted by Gasteiger charge is -2.11. The Morgan fingerprint density at radius 2 is 1.95 bits per heavy atom. The third-order valence-electron chi connectivity index (χ3n) is 2.51. The molecule has 0 saturated carbocycles. The first-order chi connectivity index (χ1) is 9.29. The van der Waals surface area contributed by atoms with Gasteiger partial charge in [-0.2, -0.15) is 0 Å². The van der Waals surface area contributed by atoms with Gasteiger partial charge in [0.05, 0.1) is 16.9 Å². The molecule has 1 aromatic heterocycles. The number of anilines is 2. The second-order valence-electron chi connectivity index (χ2n) is 4.11. The van der Waals surface area contributed by atoms with Crippen LogP contribution in [0, 0.1) is 6.92 Å². The minimum atomic E-state index is -3.87. The summed E-state index contributed by atoms with van der Waals surface area (Å²) < 4.78 is 26.9. The summed E-state index contributed by atoms with van der Waals surface area (Å²) in [6, 6.07) is 5.82. The summed E-state index contributed by atoms with van der Waals surface area (Å²) in [5.41, 5.74) is 6.62. The molecule has 1 aromatic carbocycles. The summed E-state index contributed by atoms with van der Waals surface area (Å²) in [6.07, 6.45) is 1.37. The number of pyridine rings is 1. The van der Waals surface area contributed by atoms with Gasteiger partial charge in [0.25, 0.3) is 10.0 Å². The molecule has 0 atom stereocenters. The summed E-state index contributed by atoms with van der Waals surface area (Å²) >= 11 is 11.7. The van der Waals surface area contributed by atoms with E-state index in [1.807, 2.05) is 0 Å². The molecule has 1 heterocycles. The van der Waals surface area contributed by atoms with Crippen LogP contribution in [0.3, 0.4) is 0 Å². The summed E-state index contributed by atoms with van der Waals surface area (Å²) in [5.74, 6) is 0.190. The Balaban J connectivity index is 2.43. The van der Waals surface area contributed by atoms with Crippen molar-refractivity contribution >= 4 is 44.7 Å². The van der Waals surface area contributed by atoms with Crippen molar-refractivity contribution in [2.75, 3.05) is 10.5 Å². The van der Waals surface area contributed by atoms with Crippen LogP contribution in [-0.2, 0) is 10.0 Å². The molecular weight excluding hydrogens is 321 g/mol. The third kappa shape index (κ3) is 3.15. The Hall–Kier alpha value is -1.50. The fourth-order valence-electron chi connectivity index (χ4n) is 1.57. The fourth-order valence-corrected chi connectivity index (χ4v) is 3.41. The fraction of sp³-hybridized carbons (Fsp3) is 0.0833. The molecule has 0 amide bonds. The maximum Gasteiger partial charge on any atom is 0.264 e. The quantitative estimate of drug-likeness (QED) is 0.904. The number of nitrogens with one attached hydrogen (secondary N) is 1. The monoisotopic (exact) mass is 331 g/mol. The van der Waals surface area contributed by atoms with Gasteiger partial charge < -0.3 is 5.73 Å². The van der Waals surface area contributed by atoms with Crippen LogP contribution in [0.25, 0.3) is 0 Å². The number of sulfonamides is 1. The molecule has 5 nitrogen and oxygen atoms in total. The van der Waals surface area contributed by atoms with E-state index in [0.29, 0.717) is 11.3 Å². The summed E-state index contributed by atoms with van der Waals surface area (Å²) in [7, 11) is -3.87. The molecule has 0 radical (unpaired) electrons. The Bertz CT molecular complexity index is 763. The van der Waals surface area contributed by atoms with E-state index in [1.54, 1.807) is 13.0 Å². The van der Waals surface area contributed by atoms with Crippen molar-refractivity contribution in [1.82, 2.24) is 4.98 Å². The molecule has 2 aromatic rings. The number of halogens is 2. The van der Waals surface area contributed by atoms with E-state index >= 15 is 0 Å². The zero-order chi connectivity index (χ0) is 14.9. The van der Waals surface area contributed by atoms with E-state index in [2.05, 4.69) is 9.71 Å². The number of aromatic nitrogens is 1. The average molecular weight is 332 g/mol. The summed E-state index contributed by atoms with van der Waals surface area (Å²) in [4.78, 5) is 3.84. The van der Waals surface area contributed by atoms with Crippen molar-refractivity contribution in [3.63, 3.8) is 0 Å². The highest BCUT2D eigenvalue weighted by atomic mass is 35.5. The third-order valence-corrected chi connectivity index (χ3v) is 4.57. The minimum absolute atomic E-state index is 0.0787. The van der Waals surface area contributed by atoms with E-state index in [9.17, 15) is 8.42 Å². The van der Waals surface area contributed by atoms with Crippen molar-refractivity contribution in [3.8, 4) is 0 Å². The van der Waals surface area contributed by atoms with E-state index in [-0.39, 0.29) is 20.8 Å². The van der Waals surface area contributed by atoms with Gasteiger partial charge in [-0.05, 0) is 36.8 Å². The van der Waals surface area contributed by atoms with Gasteiger partial charge >= 0.3 is 0 Å². The predicted octanol–water partition coefficient (Wildman–Crippen LogP) is 3.08. The van der Waals surface area contributed by atoms with Gasteiger partial charge in [-0.1, -0.05) is 23.2 Å². The number of aryl methyl sites for hydroxylation is 1. The van der Waals surface area contributed by atoms with Gasteiger partial charge in [-0.25, -0.2) is 13.4 Å². The van der Waals surface area contributed by atoms with Crippen LogP contribution >= 0.6 is 23.2 Å². The topological polar surface area (TPSA) is 85.1 Å². The smallest absolute Gasteiger partial charge is 0.264 e. The van der Waals surface area contributed by atoms with Crippen LogP contribution in [0.5, 0.6) is 0 Å². The number of hydrogen-bond acceptors (Lipinski definition) is 4. The van der Waals surface area contributed by atoms with Crippen molar-refractivity contribution < 1.29 is 8.42 Å². The number of nitrogens with two attached hydrogens (primary N) is 1. The predicted molar refractivity (Wildman–Crippen MR) is 80.7 cm³/mol. The van der Waals surface area contributed by atoms with Crippen molar-refractivity contribution in [3.05, 3.63) is 46.1 Å². The standard InChI is InChI=1S/C12H11Cl2N3O2S/c1-7-4-9(15)6-16-12(7)17-20(18,19)11-5-8(13)2-3-10(11)14/h2-6H,15H2,1H3,(H,16,17). The van der Waals surface area contributed by atoms with Gasteiger partial charge in [0.2, 0.25) is 0 Å². The number of nitrogens with zero attached hydrogens (tertiary/aromatic N) is 1. The van der Waals surface area contributed by atoms with Crippen molar-refractivity contribution in [1.29, 1.82) is 0 Å². The SMILES string of the molecule is Cc1cc(N)cnc1NS(=O)(=O)c1cc(Cl)ccc1Cl. The zero-order valence-corrected chi connectivity index (χ0v) is 12.7. The average Bonchev–Trinajstić information content (AvgIpc) is 2.35. The van der Waals surface area contributed by atoms with Gasteiger partial charge in [-0.15, -0.1) is 0 Å². The molecule has 106 valence electrons. The lowest BCUT2D eigenvalue weighted by molar-refractivity contribution is 0.601. The Kier molecular flexibility index (Phi) is 4.08. The summed E-state index contributed by atoms with van der Waals surface area (Å²) in [6.45, 7) is 1.70. The molecule has 0 unspecified atom stereocenters. The van der Waals surface area contributed by atoms with Crippen molar-refractivity contribution in [2.45, 2.75) is 11.8 Å². The molecule has 0 bridgehead atoms. The normalized spacial score (nSPS) is 11.3. The van der Waals surface area contributed by atoms with Crippen LogP contribution in [0.1, 0.15) is 5.56 Å². The maximum absolute atomic E-state index is 12.3. The second kappa shape index (κ2) is 5.47. The molecule has 2 rings (SSSR count). The highest BCUT2D eigenvalue weighted by molar-refractivity contribution is 7.92. The second-order valence-corrected chi connectivity index (χ2v) is 6.61. The van der Waals surface area contributed by atoms with E-state index in [1.165, 1.54) is 24.4 Å². The lowest BCUT2D eigenvalue weighted by atomic mass is 10.3. The first kappa shape index (κ1) is 14.9. The van der Waals surface area contributed by atoms with Crippen LogP contribution < -0.4 is 10.5 Å². The minimum Gasteiger partial charge on any atom is -0.397 e. The van der Waals surface area contributed by atoms with Gasteiger partial charge in [0.15, 0.2) is 0 Å². The highest BCUT2D eigenvalue weighted by Crippen LogP contribution is 2.27. The number of rotatable bonds is 3. The molecule has 20 heavy (non-hydrogen) atoms. The Labute approximate surface area is 126 Å². The zero-order valence-electron chi connectivity index (χ0n) is 10.4. The molecule has 0 fully saturated rings. The molecule has 0 spiro atoms. The van der Waals surface area contributed by atoms with E-state index < -0.39 is 10.0 Å². The lowest BCUT2D eigenvalue weighted by Crippen LogP contribution is -2.15. The van der Waals surface area contributed by atoms with Gasteiger partial charge in [0, 0.05) is 5.02 Å². The maximum atomic E-state index is 12.3. The molecule has 3 N–H and O–H groups in total. The molecule has 8 heteroatoms. The molecule has 0 aliphatic rings. The number of nitrogen functional groups attached to an aromatic ring is 1. The van der Waals surface area contributed by atoms with Crippen LogP contribution in [0.4, 0.5) is 11.5 Å². The first-order valence-corrected chi connectivity index (χ1v) is 7.73. The van der Waals surface area contributed by atoms with Crippen LogP contribution in [-0.4, -0.2) is 13.4 Å². The van der Waals surface area contributed by atoms with Gasteiger partial charge in [0.1, 0.15) is 10.7 Å². The number of benzene rings is 1. The highest BCUT2D eigenvalue weighted by Gasteiger charge is 2.20. The van der Waals surface area contributed by atoms with E-state index in [4.69, 9.17) is 28.9 Å². The van der Waals surface area contributed by atoms with Crippen molar-refractivity contribution in [2.24, 2.45) is 0 Å². The molecule has 0 saturated heterocycles. The number of hydrogen-bond donors (Lipinski definition) is 2. The van der Waals surface area contributed by atoms with Crippen LogP contribution in [0.2, 0.25) is 10.0 Å². The Morgan fingerprint density at radius 1 is 1.25 bits per heavy atom. The van der Waals surface area contributed by atoms with Crippen LogP contribution in [0.15, 0.2) is 35.4 Å². The largest absolute Gasteiger partial charge is 0.397 e. The molecule has 0 aliphatic carbocycles. The Morgan fingerprint density at radius 3 is 2.60 bits per heavy atom. The molecule has 0 aliphatic heterocycles.